The zero-order valence-corrected chi connectivity index (χ0v) is 8.78. The van der Waals surface area contributed by atoms with Gasteiger partial charge in [-0.2, -0.15) is 0 Å². The molecule has 0 saturated carbocycles. The minimum atomic E-state index is -0.00479. The largest absolute Gasteiger partial charge is 0.472 e. The Morgan fingerprint density at radius 3 is 2.86 bits per heavy atom. The minimum absolute atomic E-state index is 0.00479. The molecule has 1 aromatic heterocycles. The lowest BCUT2D eigenvalue weighted by molar-refractivity contribution is 0.0885. The van der Waals surface area contributed by atoms with Gasteiger partial charge in [-0.3, -0.25) is 0 Å². The number of nitrogens with two attached hydrogens (primary N) is 1. The summed E-state index contributed by atoms with van der Waals surface area (Å²) < 4.78 is 10.5. The van der Waals surface area contributed by atoms with Crippen LogP contribution >= 0.6 is 0 Å². The normalized spacial score (nSPS) is 12.5. The molecule has 0 bridgehead atoms. The van der Waals surface area contributed by atoms with E-state index in [2.05, 4.69) is 4.98 Å². The van der Waals surface area contributed by atoms with E-state index >= 15 is 0 Å². The monoisotopic (exact) mass is 196 g/mol. The van der Waals surface area contributed by atoms with E-state index in [0.29, 0.717) is 18.2 Å². The molecule has 0 spiro atoms. The molecule has 0 aromatic carbocycles. The van der Waals surface area contributed by atoms with E-state index in [1.165, 1.54) is 0 Å². The van der Waals surface area contributed by atoms with Crippen molar-refractivity contribution in [3.05, 3.63) is 17.8 Å². The van der Waals surface area contributed by atoms with Crippen LogP contribution in [-0.2, 0) is 4.74 Å². The molecule has 4 nitrogen and oxygen atoms in total. The van der Waals surface area contributed by atoms with Gasteiger partial charge in [-0.05, 0) is 19.9 Å². The Labute approximate surface area is 84.0 Å². The maximum Gasteiger partial charge on any atom is 0.216 e. The predicted octanol–water partition coefficient (Wildman–Crippen LogP) is 1.39. The molecule has 0 saturated heterocycles. The highest BCUT2D eigenvalue weighted by atomic mass is 16.5. The fourth-order valence-electron chi connectivity index (χ4n) is 1.17. The molecule has 1 unspecified atom stereocenters. The molecule has 0 fully saturated rings. The second-order valence-corrected chi connectivity index (χ2v) is 3.27. The van der Waals surface area contributed by atoms with E-state index in [4.69, 9.17) is 15.2 Å². The molecule has 4 heteroatoms. The molecular formula is C10H16N2O2. The van der Waals surface area contributed by atoms with Crippen LogP contribution in [-0.4, -0.2) is 24.8 Å². The third-order valence-corrected chi connectivity index (χ3v) is 1.77. The Kier molecular flexibility index (Phi) is 3.71. The first kappa shape index (κ1) is 10.8. The average Bonchev–Trinajstić information content (AvgIpc) is 2.10. The summed E-state index contributed by atoms with van der Waals surface area (Å²) in [7, 11) is 1.64. The molecular weight excluding hydrogens is 180 g/mol. The molecule has 1 rings (SSSR count). The van der Waals surface area contributed by atoms with Gasteiger partial charge in [0.25, 0.3) is 0 Å². The minimum Gasteiger partial charge on any atom is -0.472 e. The number of ether oxygens (including phenoxy) is 2. The first-order valence-corrected chi connectivity index (χ1v) is 4.51. The predicted molar refractivity (Wildman–Crippen MR) is 55.4 cm³/mol. The summed E-state index contributed by atoms with van der Waals surface area (Å²) in [6.07, 6.45) is 1.58. The number of methoxy groups -OCH3 is 1. The lowest BCUT2D eigenvalue weighted by Crippen LogP contribution is -2.19. The van der Waals surface area contributed by atoms with E-state index in [9.17, 15) is 0 Å². The maximum atomic E-state index is 5.57. The van der Waals surface area contributed by atoms with Crippen LogP contribution < -0.4 is 10.5 Å². The van der Waals surface area contributed by atoms with Crippen LogP contribution in [0.2, 0.25) is 0 Å². The summed E-state index contributed by atoms with van der Waals surface area (Å²) in [5.41, 5.74) is 7.16. The van der Waals surface area contributed by atoms with Crippen LogP contribution in [0.4, 0.5) is 5.69 Å². The van der Waals surface area contributed by atoms with E-state index in [1.807, 2.05) is 19.9 Å². The second kappa shape index (κ2) is 4.81. The number of rotatable bonds is 4. The third kappa shape index (κ3) is 2.88. The number of nitrogen functional groups attached to an aromatic ring is 1. The Morgan fingerprint density at radius 1 is 1.57 bits per heavy atom. The van der Waals surface area contributed by atoms with Crippen LogP contribution in [0.5, 0.6) is 5.88 Å². The molecule has 0 amide bonds. The summed E-state index contributed by atoms with van der Waals surface area (Å²) in [4.78, 5) is 4.10. The number of pyridine rings is 1. The summed E-state index contributed by atoms with van der Waals surface area (Å²) in [5, 5.41) is 0. The summed E-state index contributed by atoms with van der Waals surface area (Å²) in [6.45, 7) is 4.39. The standard InChI is InChI=1S/C10H16N2O2/c1-7-4-9(11)5-12-10(7)14-8(2)6-13-3/h4-5,8H,6,11H2,1-3H3. The van der Waals surface area contributed by atoms with Crippen molar-refractivity contribution in [1.29, 1.82) is 0 Å². The molecule has 0 aliphatic rings. The fraction of sp³-hybridized carbons (Fsp3) is 0.500. The van der Waals surface area contributed by atoms with Crippen molar-refractivity contribution in [3.8, 4) is 5.88 Å². The first-order chi connectivity index (χ1) is 6.63. The number of aryl methyl sites for hydroxylation is 1. The zero-order valence-electron chi connectivity index (χ0n) is 8.78. The van der Waals surface area contributed by atoms with Crippen LogP contribution in [0.25, 0.3) is 0 Å². The average molecular weight is 196 g/mol. The third-order valence-electron chi connectivity index (χ3n) is 1.77. The van der Waals surface area contributed by atoms with Crippen LogP contribution in [0, 0.1) is 6.92 Å². The highest BCUT2D eigenvalue weighted by Gasteiger charge is 2.07. The molecule has 0 aliphatic carbocycles. The van der Waals surface area contributed by atoms with Crippen molar-refractivity contribution in [1.82, 2.24) is 4.98 Å². The summed E-state index contributed by atoms with van der Waals surface area (Å²) in [6, 6.07) is 1.84. The molecule has 1 atom stereocenters. The zero-order chi connectivity index (χ0) is 10.6. The number of nitrogens with zero attached hydrogens (tertiary/aromatic N) is 1. The van der Waals surface area contributed by atoms with E-state index in [-0.39, 0.29) is 6.10 Å². The van der Waals surface area contributed by atoms with Crippen molar-refractivity contribution in [2.75, 3.05) is 19.5 Å². The SMILES string of the molecule is COCC(C)Oc1ncc(N)cc1C. The quantitative estimate of drug-likeness (QED) is 0.790. The highest BCUT2D eigenvalue weighted by Crippen LogP contribution is 2.17. The molecule has 1 aromatic rings. The number of hydrogen-bond acceptors (Lipinski definition) is 4. The van der Waals surface area contributed by atoms with Gasteiger partial charge in [-0.15, -0.1) is 0 Å². The molecule has 78 valence electrons. The Bertz CT molecular complexity index is 302. The fourth-order valence-corrected chi connectivity index (χ4v) is 1.17. The van der Waals surface area contributed by atoms with Crippen molar-refractivity contribution < 1.29 is 9.47 Å². The molecule has 1 heterocycles. The van der Waals surface area contributed by atoms with Gasteiger partial charge in [0.05, 0.1) is 18.5 Å². The molecule has 2 N–H and O–H groups in total. The van der Waals surface area contributed by atoms with Crippen LogP contribution in [0.3, 0.4) is 0 Å². The lowest BCUT2D eigenvalue weighted by Gasteiger charge is -2.14. The summed E-state index contributed by atoms with van der Waals surface area (Å²) >= 11 is 0. The number of anilines is 1. The van der Waals surface area contributed by atoms with E-state index < -0.39 is 0 Å². The van der Waals surface area contributed by atoms with Gasteiger partial charge < -0.3 is 15.2 Å². The molecule has 0 radical (unpaired) electrons. The van der Waals surface area contributed by atoms with Gasteiger partial charge >= 0.3 is 0 Å². The molecule has 14 heavy (non-hydrogen) atoms. The number of hydrogen-bond donors (Lipinski definition) is 1. The maximum absolute atomic E-state index is 5.57. The lowest BCUT2D eigenvalue weighted by atomic mass is 10.3. The van der Waals surface area contributed by atoms with Gasteiger partial charge in [0, 0.05) is 12.7 Å². The number of aromatic nitrogens is 1. The van der Waals surface area contributed by atoms with Crippen molar-refractivity contribution >= 4 is 5.69 Å². The van der Waals surface area contributed by atoms with Gasteiger partial charge in [-0.25, -0.2) is 4.98 Å². The van der Waals surface area contributed by atoms with Gasteiger partial charge in [-0.1, -0.05) is 0 Å². The van der Waals surface area contributed by atoms with Crippen molar-refractivity contribution in [3.63, 3.8) is 0 Å². The Hall–Kier alpha value is -1.29. The second-order valence-electron chi connectivity index (χ2n) is 3.27. The van der Waals surface area contributed by atoms with Crippen LogP contribution in [0.15, 0.2) is 12.3 Å². The molecule has 0 aliphatic heterocycles. The summed E-state index contributed by atoms with van der Waals surface area (Å²) in [5.74, 6) is 0.615. The first-order valence-electron chi connectivity index (χ1n) is 4.51. The van der Waals surface area contributed by atoms with Crippen molar-refractivity contribution in [2.45, 2.75) is 20.0 Å². The topological polar surface area (TPSA) is 57.4 Å². The van der Waals surface area contributed by atoms with Crippen molar-refractivity contribution in [2.24, 2.45) is 0 Å². The van der Waals surface area contributed by atoms with Gasteiger partial charge in [0.1, 0.15) is 6.10 Å². The van der Waals surface area contributed by atoms with Crippen LogP contribution in [0.1, 0.15) is 12.5 Å². The van der Waals surface area contributed by atoms with E-state index in [0.717, 1.165) is 5.56 Å². The Balaban J connectivity index is 2.67. The highest BCUT2D eigenvalue weighted by molar-refractivity contribution is 5.41. The van der Waals surface area contributed by atoms with Gasteiger partial charge in [0.15, 0.2) is 0 Å². The van der Waals surface area contributed by atoms with E-state index in [1.54, 1.807) is 13.3 Å². The Morgan fingerprint density at radius 2 is 2.29 bits per heavy atom. The van der Waals surface area contributed by atoms with Gasteiger partial charge in [0.2, 0.25) is 5.88 Å². The smallest absolute Gasteiger partial charge is 0.216 e.